The lowest BCUT2D eigenvalue weighted by Gasteiger charge is -2.11. The van der Waals surface area contributed by atoms with Crippen molar-refractivity contribution in [1.29, 1.82) is 0 Å². The van der Waals surface area contributed by atoms with Gasteiger partial charge in [-0.05, 0) is 31.0 Å². The number of aromatic amines is 1. The number of anilines is 1. The minimum absolute atomic E-state index is 0.0479. The topological polar surface area (TPSA) is 116 Å². The zero-order valence-electron chi connectivity index (χ0n) is 14.6. The molecule has 0 bridgehead atoms. The van der Waals surface area contributed by atoms with E-state index in [-0.39, 0.29) is 23.2 Å². The number of rotatable bonds is 6. The molecule has 10 heteroatoms. The number of benzene rings is 1. The molecule has 0 atom stereocenters. The third-order valence-electron chi connectivity index (χ3n) is 4.40. The number of aromatic nitrogens is 4. The summed E-state index contributed by atoms with van der Waals surface area (Å²) in [7, 11) is 0. The van der Waals surface area contributed by atoms with E-state index >= 15 is 0 Å². The minimum atomic E-state index is -0.761. The largest absolute Gasteiger partial charge is 0.384 e. The molecule has 0 aliphatic heterocycles. The maximum Gasteiger partial charge on any atom is 0.330 e. The molecule has 1 aromatic carbocycles. The number of ketones is 1. The standard InChI is InChI=1S/C18H16ClN5O3S/c19-10-2-1-3-12(8-10)23-7-6-21-18(23)28-9-13(25)14-15(20)24(11-4-5-11)17(27)22-16(14)26/h1-3,6-8,11H,4-5,9,20H2,(H,22,26,27). The molecule has 1 aliphatic carbocycles. The van der Waals surface area contributed by atoms with E-state index in [9.17, 15) is 14.4 Å². The number of carbonyl (C=O) groups is 1. The lowest BCUT2D eigenvalue weighted by molar-refractivity contribution is 0.102. The molecule has 0 radical (unpaired) electrons. The summed E-state index contributed by atoms with van der Waals surface area (Å²) in [6.45, 7) is 0. The molecular formula is C18H16ClN5O3S. The van der Waals surface area contributed by atoms with Gasteiger partial charge in [0.05, 0.1) is 5.75 Å². The molecule has 1 saturated carbocycles. The number of H-pyrrole nitrogens is 1. The Kier molecular flexibility index (Phi) is 4.86. The van der Waals surface area contributed by atoms with E-state index in [0.29, 0.717) is 10.2 Å². The number of Topliss-reactive ketones (excluding diaryl/α,β-unsaturated/α-hetero) is 1. The molecule has 144 valence electrons. The quantitative estimate of drug-likeness (QED) is 0.469. The smallest absolute Gasteiger partial charge is 0.330 e. The van der Waals surface area contributed by atoms with E-state index in [1.165, 1.54) is 16.3 Å². The number of carbonyl (C=O) groups excluding carboxylic acids is 1. The van der Waals surface area contributed by atoms with Crippen molar-refractivity contribution < 1.29 is 4.79 Å². The molecule has 0 spiro atoms. The molecule has 3 aromatic rings. The lowest BCUT2D eigenvalue weighted by atomic mass is 10.2. The summed E-state index contributed by atoms with van der Waals surface area (Å²) in [4.78, 5) is 43.3. The number of nitrogen functional groups attached to an aromatic ring is 1. The number of thioether (sulfide) groups is 1. The van der Waals surface area contributed by atoms with Crippen LogP contribution in [0.1, 0.15) is 29.2 Å². The van der Waals surface area contributed by atoms with Gasteiger partial charge >= 0.3 is 5.69 Å². The van der Waals surface area contributed by atoms with Crippen LogP contribution in [0.2, 0.25) is 5.02 Å². The lowest BCUT2D eigenvalue weighted by Crippen LogP contribution is -2.36. The van der Waals surface area contributed by atoms with Crippen LogP contribution in [0.5, 0.6) is 0 Å². The molecule has 0 saturated heterocycles. The second-order valence-electron chi connectivity index (χ2n) is 6.39. The first-order chi connectivity index (χ1) is 13.5. The van der Waals surface area contributed by atoms with Crippen molar-refractivity contribution in [3.05, 3.63) is 68.1 Å². The van der Waals surface area contributed by atoms with Gasteiger partial charge in [-0.2, -0.15) is 0 Å². The molecule has 1 aliphatic rings. The van der Waals surface area contributed by atoms with Gasteiger partial charge in [-0.15, -0.1) is 0 Å². The summed E-state index contributed by atoms with van der Waals surface area (Å²) in [6, 6.07) is 7.18. The fraction of sp³-hybridized carbons (Fsp3) is 0.222. The monoisotopic (exact) mass is 417 g/mol. The van der Waals surface area contributed by atoms with Crippen LogP contribution in [0.3, 0.4) is 0 Å². The highest BCUT2D eigenvalue weighted by atomic mass is 35.5. The van der Waals surface area contributed by atoms with Gasteiger partial charge in [0.2, 0.25) is 0 Å². The van der Waals surface area contributed by atoms with Gasteiger partial charge in [-0.1, -0.05) is 29.4 Å². The number of hydrogen-bond donors (Lipinski definition) is 2. The van der Waals surface area contributed by atoms with Crippen molar-refractivity contribution in [2.24, 2.45) is 0 Å². The van der Waals surface area contributed by atoms with E-state index in [0.717, 1.165) is 18.5 Å². The molecule has 8 nitrogen and oxygen atoms in total. The summed E-state index contributed by atoms with van der Waals surface area (Å²) in [5, 5.41) is 1.15. The normalized spacial score (nSPS) is 13.6. The molecular weight excluding hydrogens is 402 g/mol. The molecule has 2 aromatic heterocycles. The highest BCUT2D eigenvalue weighted by molar-refractivity contribution is 7.99. The third kappa shape index (κ3) is 3.50. The Hall–Kier alpha value is -2.78. The van der Waals surface area contributed by atoms with Crippen LogP contribution in [-0.2, 0) is 0 Å². The van der Waals surface area contributed by atoms with Crippen LogP contribution >= 0.6 is 23.4 Å². The Bertz CT molecular complexity index is 1180. The second-order valence-corrected chi connectivity index (χ2v) is 7.77. The Morgan fingerprint density at radius 3 is 2.86 bits per heavy atom. The zero-order chi connectivity index (χ0) is 19.8. The SMILES string of the molecule is Nc1c(C(=O)CSc2nccn2-c2cccc(Cl)c2)c(=O)[nH]c(=O)n1C1CC1. The van der Waals surface area contributed by atoms with Crippen molar-refractivity contribution in [3.63, 3.8) is 0 Å². The molecule has 0 amide bonds. The molecule has 1 fully saturated rings. The van der Waals surface area contributed by atoms with Crippen molar-refractivity contribution >= 4 is 35.0 Å². The van der Waals surface area contributed by atoms with Crippen LogP contribution in [0.4, 0.5) is 5.82 Å². The maximum atomic E-state index is 12.7. The number of nitrogens with zero attached hydrogens (tertiary/aromatic N) is 3. The Morgan fingerprint density at radius 1 is 1.36 bits per heavy atom. The van der Waals surface area contributed by atoms with Crippen LogP contribution in [0, 0.1) is 0 Å². The Balaban J connectivity index is 1.59. The van der Waals surface area contributed by atoms with Gasteiger partial charge in [-0.25, -0.2) is 9.78 Å². The summed E-state index contributed by atoms with van der Waals surface area (Å²) in [5.74, 6) is -0.577. The van der Waals surface area contributed by atoms with Crippen LogP contribution in [0.25, 0.3) is 5.69 Å². The van der Waals surface area contributed by atoms with E-state index in [2.05, 4.69) is 9.97 Å². The average molecular weight is 418 g/mol. The van der Waals surface area contributed by atoms with E-state index < -0.39 is 17.0 Å². The van der Waals surface area contributed by atoms with Crippen molar-refractivity contribution in [3.8, 4) is 5.69 Å². The van der Waals surface area contributed by atoms with Gasteiger partial charge < -0.3 is 5.73 Å². The van der Waals surface area contributed by atoms with Crippen molar-refractivity contribution in [1.82, 2.24) is 19.1 Å². The molecule has 0 unspecified atom stereocenters. The number of nitrogens with one attached hydrogen (secondary N) is 1. The fourth-order valence-electron chi connectivity index (χ4n) is 2.95. The number of halogens is 1. The van der Waals surface area contributed by atoms with Crippen molar-refractivity contribution in [2.45, 2.75) is 24.0 Å². The first kappa shape index (κ1) is 18.6. The Labute approximate surface area is 168 Å². The molecule has 2 heterocycles. The first-order valence-corrected chi connectivity index (χ1v) is 9.91. The van der Waals surface area contributed by atoms with Crippen LogP contribution in [-0.4, -0.2) is 30.6 Å². The van der Waals surface area contributed by atoms with Crippen molar-refractivity contribution in [2.75, 3.05) is 11.5 Å². The predicted octanol–water partition coefficient (Wildman–Crippen LogP) is 2.27. The molecule has 3 N–H and O–H groups in total. The van der Waals surface area contributed by atoms with Gasteiger partial charge in [0, 0.05) is 29.1 Å². The number of nitrogens with two attached hydrogens (primary N) is 1. The van der Waals surface area contributed by atoms with Gasteiger partial charge in [0.25, 0.3) is 5.56 Å². The number of hydrogen-bond acceptors (Lipinski definition) is 6. The predicted molar refractivity (Wildman–Crippen MR) is 108 cm³/mol. The Morgan fingerprint density at radius 2 is 2.14 bits per heavy atom. The van der Waals surface area contributed by atoms with Crippen LogP contribution in [0.15, 0.2) is 51.4 Å². The number of imidazole rings is 1. The van der Waals surface area contributed by atoms with E-state index in [4.69, 9.17) is 17.3 Å². The fourth-order valence-corrected chi connectivity index (χ4v) is 3.98. The third-order valence-corrected chi connectivity index (χ3v) is 5.60. The average Bonchev–Trinajstić information content (AvgIpc) is 3.35. The van der Waals surface area contributed by atoms with Crippen LogP contribution < -0.4 is 17.0 Å². The highest BCUT2D eigenvalue weighted by Gasteiger charge is 2.30. The maximum absolute atomic E-state index is 12.7. The zero-order valence-corrected chi connectivity index (χ0v) is 16.2. The van der Waals surface area contributed by atoms with Gasteiger partial charge in [0.15, 0.2) is 10.9 Å². The first-order valence-electron chi connectivity index (χ1n) is 8.55. The summed E-state index contributed by atoms with van der Waals surface area (Å²) < 4.78 is 3.09. The van der Waals surface area contributed by atoms with Gasteiger partial charge in [0.1, 0.15) is 11.4 Å². The highest BCUT2D eigenvalue weighted by Crippen LogP contribution is 2.35. The summed E-state index contributed by atoms with van der Waals surface area (Å²) in [5.41, 5.74) is 5.28. The van der Waals surface area contributed by atoms with E-state index in [1.54, 1.807) is 29.1 Å². The summed E-state index contributed by atoms with van der Waals surface area (Å²) in [6.07, 6.45) is 4.97. The molecule has 28 heavy (non-hydrogen) atoms. The summed E-state index contributed by atoms with van der Waals surface area (Å²) >= 11 is 7.21. The minimum Gasteiger partial charge on any atom is -0.384 e. The molecule has 4 rings (SSSR count). The van der Waals surface area contributed by atoms with E-state index in [1.807, 2.05) is 12.1 Å². The van der Waals surface area contributed by atoms with Gasteiger partial charge in [-0.3, -0.25) is 23.7 Å². The second kappa shape index (κ2) is 7.33.